The molecular formula is C19H26ClNO6S. The number of benzene rings is 1. The Balaban J connectivity index is 1.84. The Labute approximate surface area is 170 Å². The van der Waals surface area contributed by atoms with Crippen molar-refractivity contribution in [2.24, 2.45) is 0 Å². The number of esters is 1. The first-order valence-corrected chi connectivity index (χ1v) is 11.5. The smallest absolute Gasteiger partial charge is 0.344 e. The molecular weight excluding hydrogens is 406 g/mol. The van der Waals surface area contributed by atoms with Crippen LogP contribution < -0.4 is 4.74 Å². The van der Waals surface area contributed by atoms with Crippen LogP contribution in [0.4, 0.5) is 0 Å². The second-order valence-electron chi connectivity index (χ2n) is 6.86. The lowest BCUT2D eigenvalue weighted by atomic mass is 10.2. The summed E-state index contributed by atoms with van der Waals surface area (Å²) in [5.74, 6) is -0.524. The van der Waals surface area contributed by atoms with E-state index in [9.17, 15) is 18.0 Å². The molecule has 1 aliphatic rings. The molecule has 2 rings (SSSR count). The minimum atomic E-state index is -3.11. The minimum absolute atomic E-state index is 0.0323. The molecule has 1 atom stereocenters. The summed E-state index contributed by atoms with van der Waals surface area (Å²) in [4.78, 5) is 25.9. The Morgan fingerprint density at radius 2 is 2.04 bits per heavy atom. The van der Waals surface area contributed by atoms with E-state index in [4.69, 9.17) is 21.1 Å². The van der Waals surface area contributed by atoms with Crippen LogP contribution in [0.3, 0.4) is 0 Å². The van der Waals surface area contributed by atoms with Crippen LogP contribution >= 0.6 is 11.6 Å². The van der Waals surface area contributed by atoms with E-state index < -0.39 is 22.4 Å². The number of aryl methyl sites for hydroxylation is 1. The van der Waals surface area contributed by atoms with Gasteiger partial charge in [0.05, 0.1) is 11.5 Å². The van der Waals surface area contributed by atoms with Gasteiger partial charge in [-0.25, -0.2) is 13.2 Å². The highest BCUT2D eigenvalue weighted by atomic mass is 35.5. The zero-order chi connectivity index (χ0) is 20.7. The number of rotatable bonds is 9. The topological polar surface area (TPSA) is 90.0 Å². The molecule has 0 aromatic heterocycles. The number of ether oxygens (including phenoxy) is 2. The zero-order valence-corrected chi connectivity index (χ0v) is 17.7. The predicted molar refractivity (Wildman–Crippen MR) is 106 cm³/mol. The number of hydrogen-bond acceptors (Lipinski definition) is 6. The van der Waals surface area contributed by atoms with E-state index in [0.717, 1.165) is 18.4 Å². The molecule has 9 heteroatoms. The van der Waals surface area contributed by atoms with E-state index in [1.54, 1.807) is 18.2 Å². The maximum absolute atomic E-state index is 12.5. The Hall–Kier alpha value is -1.80. The molecule has 1 amide bonds. The lowest BCUT2D eigenvalue weighted by Gasteiger charge is -2.28. The van der Waals surface area contributed by atoms with Crippen molar-refractivity contribution < 1.29 is 27.5 Å². The number of halogens is 1. The van der Waals surface area contributed by atoms with Crippen molar-refractivity contribution >= 4 is 33.3 Å². The third-order valence-electron chi connectivity index (χ3n) is 4.56. The molecule has 0 bridgehead atoms. The summed E-state index contributed by atoms with van der Waals surface area (Å²) < 4.78 is 33.8. The van der Waals surface area contributed by atoms with Crippen LogP contribution in [-0.2, 0) is 24.2 Å². The van der Waals surface area contributed by atoms with Crippen molar-refractivity contribution in [3.63, 3.8) is 0 Å². The van der Waals surface area contributed by atoms with Gasteiger partial charge in [-0.15, -0.1) is 0 Å². The molecule has 0 aliphatic carbocycles. The Morgan fingerprint density at radius 3 is 2.64 bits per heavy atom. The van der Waals surface area contributed by atoms with Crippen molar-refractivity contribution in [1.82, 2.24) is 4.90 Å². The molecule has 0 N–H and O–H groups in total. The van der Waals surface area contributed by atoms with Gasteiger partial charge in [-0.1, -0.05) is 24.9 Å². The molecule has 0 radical (unpaired) electrons. The average molecular weight is 432 g/mol. The summed E-state index contributed by atoms with van der Waals surface area (Å²) >= 11 is 5.94. The summed E-state index contributed by atoms with van der Waals surface area (Å²) in [5.41, 5.74) is 0.820. The van der Waals surface area contributed by atoms with Crippen molar-refractivity contribution in [3.8, 4) is 5.75 Å². The fraction of sp³-hybridized carbons (Fsp3) is 0.579. The van der Waals surface area contributed by atoms with Crippen LogP contribution in [0.15, 0.2) is 18.2 Å². The summed E-state index contributed by atoms with van der Waals surface area (Å²) in [6, 6.07) is 4.66. The van der Waals surface area contributed by atoms with Gasteiger partial charge in [0.15, 0.2) is 23.1 Å². The molecule has 1 fully saturated rings. The second-order valence-corrected chi connectivity index (χ2v) is 9.49. The number of carbonyl (C=O) groups excluding carboxylic acids is 2. The monoisotopic (exact) mass is 431 g/mol. The Kier molecular flexibility index (Phi) is 8.12. The minimum Gasteiger partial charge on any atom is -0.482 e. The van der Waals surface area contributed by atoms with E-state index in [2.05, 4.69) is 0 Å². The highest BCUT2D eigenvalue weighted by Gasteiger charge is 2.34. The predicted octanol–water partition coefficient (Wildman–Crippen LogP) is 2.39. The van der Waals surface area contributed by atoms with Gasteiger partial charge < -0.3 is 14.4 Å². The quantitative estimate of drug-likeness (QED) is 0.557. The maximum Gasteiger partial charge on any atom is 0.344 e. The highest BCUT2D eigenvalue weighted by Crippen LogP contribution is 2.21. The van der Waals surface area contributed by atoms with Gasteiger partial charge in [-0.3, -0.25) is 4.79 Å². The van der Waals surface area contributed by atoms with Crippen molar-refractivity contribution in [2.75, 3.05) is 31.3 Å². The summed E-state index contributed by atoms with van der Waals surface area (Å²) in [5, 5.41) is 0.599. The first-order chi connectivity index (χ1) is 13.2. The summed E-state index contributed by atoms with van der Waals surface area (Å²) in [7, 11) is -3.11. The molecule has 1 aromatic carbocycles. The van der Waals surface area contributed by atoms with E-state index in [-0.39, 0.29) is 30.1 Å². The van der Waals surface area contributed by atoms with Crippen LogP contribution in [0.2, 0.25) is 5.02 Å². The van der Waals surface area contributed by atoms with E-state index in [1.165, 1.54) is 4.90 Å². The first kappa shape index (κ1) is 22.5. The van der Waals surface area contributed by atoms with Crippen LogP contribution in [-0.4, -0.2) is 62.5 Å². The second kappa shape index (κ2) is 10.1. The van der Waals surface area contributed by atoms with Gasteiger partial charge in [0.1, 0.15) is 5.75 Å². The molecule has 1 aromatic rings. The standard InChI is InChI=1S/C19H26ClNO6S/c1-3-4-8-21(15-7-9-28(24,25)13-15)18(22)11-27-19(23)12-26-16-5-6-17(20)14(2)10-16/h5-6,10,15H,3-4,7-9,11-13H2,1-2H3. The first-order valence-electron chi connectivity index (χ1n) is 9.26. The summed E-state index contributed by atoms with van der Waals surface area (Å²) in [6.45, 7) is 3.50. The van der Waals surface area contributed by atoms with E-state index in [1.807, 2.05) is 13.8 Å². The number of unbranched alkanes of at least 4 members (excludes halogenated alkanes) is 1. The van der Waals surface area contributed by atoms with Crippen LogP contribution in [0.25, 0.3) is 0 Å². The number of nitrogens with zero attached hydrogens (tertiary/aromatic N) is 1. The molecule has 0 saturated carbocycles. The van der Waals surface area contributed by atoms with E-state index in [0.29, 0.717) is 23.7 Å². The van der Waals surface area contributed by atoms with Gasteiger partial charge >= 0.3 is 5.97 Å². The zero-order valence-electron chi connectivity index (χ0n) is 16.1. The SMILES string of the molecule is CCCCN(C(=O)COC(=O)COc1ccc(Cl)c(C)c1)C1CCS(=O)(=O)C1. The molecule has 7 nitrogen and oxygen atoms in total. The number of carbonyl (C=O) groups is 2. The largest absolute Gasteiger partial charge is 0.482 e. The van der Waals surface area contributed by atoms with Crippen LogP contribution in [0.5, 0.6) is 5.75 Å². The van der Waals surface area contributed by atoms with Crippen molar-refractivity contribution in [3.05, 3.63) is 28.8 Å². The van der Waals surface area contributed by atoms with Gasteiger partial charge in [0.2, 0.25) is 0 Å². The van der Waals surface area contributed by atoms with Gasteiger partial charge in [-0.05, 0) is 43.5 Å². The fourth-order valence-corrected chi connectivity index (χ4v) is 4.82. The van der Waals surface area contributed by atoms with E-state index >= 15 is 0 Å². The van der Waals surface area contributed by atoms with Gasteiger partial charge in [0, 0.05) is 17.6 Å². The Morgan fingerprint density at radius 1 is 1.29 bits per heavy atom. The highest BCUT2D eigenvalue weighted by molar-refractivity contribution is 7.91. The van der Waals surface area contributed by atoms with Gasteiger partial charge in [0.25, 0.3) is 5.91 Å². The Bertz CT molecular complexity index is 811. The average Bonchev–Trinajstić information content (AvgIpc) is 3.00. The lowest BCUT2D eigenvalue weighted by molar-refractivity contribution is -0.154. The van der Waals surface area contributed by atoms with Crippen LogP contribution in [0.1, 0.15) is 31.7 Å². The molecule has 28 heavy (non-hydrogen) atoms. The number of amides is 1. The van der Waals surface area contributed by atoms with Crippen molar-refractivity contribution in [2.45, 2.75) is 39.2 Å². The molecule has 1 heterocycles. The molecule has 1 saturated heterocycles. The fourth-order valence-electron chi connectivity index (χ4n) is 2.98. The lowest BCUT2D eigenvalue weighted by Crippen LogP contribution is -2.44. The maximum atomic E-state index is 12.5. The molecule has 1 unspecified atom stereocenters. The van der Waals surface area contributed by atoms with Gasteiger partial charge in [-0.2, -0.15) is 0 Å². The molecule has 156 valence electrons. The third-order valence-corrected chi connectivity index (χ3v) is 6.74. The summed E-state index contributed by atoms with van der Waals surface area (Å²) in [6.07, 6.45) is 2.05. The number of sulfone groups is 1. The van der Waals surface area contributed by atoms with Crippen LogP contribution in [0, 0.1) is 6.92 Å². The normalized spacial score (nSPS) is 17.9. The third kappa shape index (κ3) is 6.67. The number of hydrogen-bond donors (Lipinski definition) is 0. The molecule has 0 spiro atoms. The molecule has 1 aliphatic heterocycles. The van der Waals surface area contributed by atoms with Crippen molar-refractivity contribution in [1.29, 1.82) is 0 Å².